The van der Waals surface area contributed by atoms with Crippen LogP contribution >= 0.6 is 0 Å². The van der Waals surface area contributed by atoms with E-state index >= 15 is 0 Å². The van der Waals surface area contributed by atoms with Crippen molar-refractivity contribution in [2.45, 2.75) is 31.8 Å². The lowest BCUT2D eigenvalue weighted by Crippen LogP contribution is -2.40. The number of halogens is 1. The molecule has 8 nitrogen and oxygen atoms in total. The molecular formula is C27H23FN4O4. The van der Waals surface area contributed by atoms with E-state index < -0.39 is 29.5 Å². The van der Waals surface area contributed by atoms with Crippen molar-refractivity contribution in [3.63, 3.8) is 0 Å². The summed E-state index contributed by atoms with van der Waals surface area (Å²) < 4.78 is 16.2. The third-order valence-corrected chi connectivity index (χ3v) is 6.00. The van der Waals surface area contributed by atoms with Crippen LogP contribution < -0.4 is 21.9 Å². The Hall–Kier alpha value is -4.53. The van der Waals surface area contributed by atoms with Crippen LogP contribution in [0, 0.1) is 5.82 Å². The summed E-state index contributed by atoms with van der Waals surface area (Å²) in [5.74, 6) is -1.29. The first-order chi connectivity index (χ1) is 17.4. The summed E-state index contributed by atoms with van der Waals surface area (Å²) in [6, 6.07) is 19.1. The van der Waals surface area contributed by atoms with Crippen molar-refractivity contribution in [2.24, 2.45) is 0 Å². The van der Waals surface area contributed by atoms with Crippen LogP contribution in [-0.2, 0) is 22.6 Å². The van der Waals surface area contributed by atoms with E-state index in [-0.39, 0.29) is 29.4 Å². The van der Waals surface area contributed by atoms with Gasteiger partial charge in [0, 0.05) is 6.04 Å². The van der Waals surface area contributed by atoms with Gasteiger partial charge in [-0.05, 0) is 54.8 Å². The lowest BCUT2D eigenvalue weighted by atomic mass is 10.1. The number of fused-ring (bicyclic) bond motifs is 1. The summed E-state index contributed by atoms with van der Waals surface area (Å²) in [7, 11) is 0. The normalized spacial score (nSPS) is 12.9. The number of hydrogen-bond donors (Lipinski definition) is 2. The van der Waals surface area contributed by atoms with E-state index in [1.165, 1.54) is 22.8 Å². The van der Waals surface area contributed by atoms with Crippen LogP contribution in [0.4, 0.5) is 10.1 Å². The molecule has 182 valence electrons. The fourth-order valence-corrected chi connectivity index (χ4v) is 4.05. The number of anilines is 1. The van der Waals surface area contributed by atoms with Crippen molar-refractivity contribution in [1.82, 2.24) is 14.5 Å². The van der Waals surface area contributed by atoms with Crippen LogP contribution in [0.5, 0.6) is 0 Å². The molecule has 2 amide bonds. The molecule has 36 heavy (non-hydrogen) atoms. The van der Waals surface area contributed by atoms with Crippen molar-refractivity contribution < 1.29 is 14.0 Å². The smallest absolute Gasteiger partial charge is 0.336 e. The first-order valence-electron chi connectivity index (χ1n) is 11.6. The first-order valence-corrected chi connectivity index (χ1v) is 11.6. The summed E-state index contributed by atoms with van der Waals surface area (Å²) in [5.41, 5.74) is 0.109. The minimum Gasteiger partial charge on any atom is -0.353 e. The number of para-hydroxylation sites is 2. The molecule has 0 radical (unpaired) electrons. The summed E-state index contributed by atoms with van der Waals surface area (Å²) in [5, 5.41) is 5.65. The van der Waals surface area contributed by atoms with Gasteiger partial charge in [-0.15, -0.1) is 0 Å². The Balaban J connectivity index is 1.49. The zero-order valence-electron chi connectivity index (χ0n) is 19.2. The number of nitrogens with one attached hydrogen (secondary N) is 2. The Labute approximate surface area is 205 Å². The van der Waals surface area contributed by atoms with Gasteiger partial charge in [-0.25, -0.2) is 13.8 Å². The summed E-state index contributed by atoms with van der Waals surface area (Å²) >= 11 is 0. The molecule has 9 heteroatoms. The lowest BCUT2D eigenvalue weighted by Gasteiger charge is -2.15. The standard InChI is InChI=1S/C27H23FN4O4/c28-21-6-2-3-7-22(21)30-25(34)16-31-23-8-4-1-5-20(23)26(35)32(27(31)36)19-13-9-17(10-14-19)15-24(33)29-18-11-12-18/h1-10,13-14,18H,11-12,15-16H2,(H,29,33)(H,30,34). The molecule has 1 aromatic heterocycles. The largest absolute Gasteiger partial charge is 0.353 e. The Kier molecular flexibility index (Phi) is 6.20. The van der Waals surface area contributed by atoms with E-state index in [2.05, 4.69) is 10.6 Å². The Morgan fingerprint density at radius 2 is 1.58 bits per heavy atom. The Morgan fingerprint density at radius 3 is 2.31 bits per heavy atom. The van der Waals surface area contributed by atoms with E-state index in [1.54, 1.807) is 54.6 Å². The third-order valence-electron chi connectivity index (χ3n) is 6.00. The SMILES string of the molecule is O=C(Cn1c(=O)n(-c2ccc(CC(=O)NC3CC3)cc2)c(=O)c2ccccc21)Nc1ccccc1F. The number of carbonyl (C=O) groups excluding carboxylic acids is 2. The molecule has 1 fully saturated rings. The van der Waals surface area contributed by atoms with Gasteiger partial charge in [-0.2, -0.15) is 0 Å². The number of carbonyl (C=O) groups is 2. The van der Waals surface area contributed by atoms with Gasteiger partial charge < -0.3 is 10.6 Å². The van der Waals surface area contributed by atoms with Crippen LogP contribution in [0.3, 0.4) is 0 Å². The molecule has 5 rings (SSSR count). The van der Waals surface area contributed by atoms with E-state index in [1.807, 2.05) is 0 Å². The number of amides is 2. The first kappa shape index (κ1) is 23.2. The molecule has 1 aliphatic rings. The quantitative estimate of drug-likeness (QED) is 0.419. The van der Waals surface area contributed by atoms with Crippen LogP contribution in [0.15, 0.2) is 82.4 Å². The molecule has 0 spiro atoms. The summed E-state index contributed by atoms with van der Waals surface area (Å²) in [6.07, 6.45) is 2.20. The number of aromatic nitrogens is 2. The fourth-order valence-electron chi connectivity index (χ4n) is 4.05. The average Bonchev–Trinajstić information content (AvgIpc) is 3.68. The molecule has 1 saturated carbocycles. The number of hydrogen-bond acceptors (Lipinski definition) is 4. The van der Waals surface area contributed by atoms with Gasteiger partial charge in [0.05, 0.1) is 28.7 Å². The molecule has 1 heterocycles. The van der Waals surface area contributed by atoms with E-state index in [4.69, 9.17) is 0 Å². The highest BCUT2D eigenvalue weighted by molar-refractivity contribution is 5.91. The second kappa shape index (κ2) is 9.61. The van der Waals surface area contributed by atoms with Gasteiger partial charge in [-0.3, -0.25) is 19.0 Å². The Bertz CT molecular complexity index is 1590. The van der Waals surface area contributed by atoms with Crippen LogP contribution in [0.2, 0.25) is 0 Å². The molecule has 4 aromatic rings. The fraction of sp³-hybridized carbons (Fsp3) is 0.185. The van der Waals surface area contributed by atoms with Crippen molar-refractivity contribution in [2.75, 3.05) is 5.32 Å². The highest BCUT2D eigenvalue weighted by atomic mass is 19.1. The zero-order chi connectivity index (χ0) is 25.2. The predicted octanol–water partition coefficient (Wildman–Crippen LogP) is 2.75. The van der Waals surface area contributed by atoms with Crippen molar-refractivity contribution in [3.05, 3.63) is 105 Å². The van der Waals surface area contributed by atoms with Gasteiger partial charge in [0.1, 0.15) is 12.4 Å². The van der Waals surface area contributed by atoms with Crippen LogP contribution in [-0.4, -0.2) is 27.0 Å². The van der Waals surface area contributed by atoms with Crippen molar-refractivity contribution in [3.8, 4) is 5.69 Å². The number of benzene rings is 3. The molecule has 3 aromatic carbocycles. The highest BCUT2D eigenvalue weighted by Crippen LogP contribution is 2.19. The van der Waals surface area contributed by atoms with Crippen molar-refractivity contribution in [1.29, 1.82) is 0 Å². The van der Waals surface area contributed by atoms with Gasteiger partial charge in [0.2, 0.25) is 11.8 Å². The average molecular weight is 487 g/mol. The molecule has 2 N–H and O–H groups in total. The van der Waals surface area contributed by atoms with Gasteiger partial charge >= 0.3 is 5.69 Å². The zero-order valence-corrected chi connectivity index (χ0v) is 19.2. The Morgan fingerprint density at radius 1 is 0.889 bits per heavy atom. The second-order valence-electron chi connectivity index (χ2n) is 8.74. The van der Waals surface area contributed by atoms with Crippen LogP contribution in [0.25, 0.3) is 16.6 Å². The van der Waals surface area contributed by atoms with E-state index in [9.17, 15) is 23.6 Å². The molecule has 1 aliphatic carbocycles. The highest BCUT2D eigenvalue weighted by Gasteiger charge is 2.23. The van der Waals surface area contributed by atoms with Gasteiger partial charge in [0.25, 0.3) is 5.56 Å². The number of rotatable bonds is 7. The van der Waals surface area contributed by atoms with Crippen LogP contribution in [0.1, 0.15) is 18.4 Å². The molecule has 0 unspecified atom stereocenters. The lowest BCUT2D eigenvalue weighted by molar-refractivity contribution is -0.120. The predicted molar refractivity (Wildman–Crippen MR) is 134 cm³/mol. The molecular weight excluding hydrogens is 463 g/mol. The van der Waals surface area contributed by atoms with E-state index in [0.717, 1.165) is 23.0 Å². The topological polar surface area (TPSA) is 102 Å². The maximum atomic E-state index is 14.0. The minimum absolute atomic E-state index is 0.00510. The maximum absolute atomic E-state index is 14.0. The second-order valence-corrected chi connectivity index (χ2v) is 8.74. The minimum atomic E-state index is -0.707. The van der Waals surface area contributed by atoms with Crippen molar-refractivity contribution >= 4 is 28.4 Å². The number of nitrogens with zero attached hydrogens (tertiary/aromatic N) is 2. The summed E-state index contributed by atoms with van der Waals surface area (Å²) in [4.78, 5) is 51.5. The van der Waals surface area contributed by atoms with Gasteiger partial charge in [0.15, 0.2) is 0 Å². The monoisotopic (exact) mass is 486 g/mol. The van der Waals surface area contributed by atoms with Gasteiger partial charge in [-0.1, -0.05) is 36.4 Å². The summed E-state index contributed by atoms with van der Waals surface area (Å²) in [6.45, 7) is -0.423. The molecule has 0 bridgehead atoms. The molecule has 0 saturated heterocycles. The molecule has 0 atom stereocenters. The maximum Gasteiger partial charge on any atom is 0.336 e. The third kappa shape index (κ3) is 4.81. The van der Waals surface area contributed by atoms with E-state index in [0.29, 0.717) is 11.2 Å². The molecule has 0 aliphatic heterocycles.